The fraction of sp³-hybridized carbons (Fsp3) is 0.800. The van der Waals surface area contributed by atoms with Gasteiger partial charge in [-0.05, 0) is 86.9 Å². The fourth-order valence-corrected chi connectivity index (χ4v) is 9.46. The van der Waals surface area contributed by atoms with Crippen LogP contribution in [0.25, 0.3) is 0 Å². The van der Waals surface area contributed by atoms with Gasteiger partial charge in [0.2, 0.25) is 0 Å². The third kappa shape index (κ3) is 4.39. The van der Waals surface area contributed by atoms with Gasteiger partial charge in [0.15, 0.2) is 0 Å². The lowest BCUT2D eigenvalue weighted by atomic mass is 9.55. The molecule has 3 N–H and O–H groups in total. The molecule has 206 valence electrons. The molecule has 0 bridgehead atoms. The van der Waals surface area contributed by atoms with Gasteiger partial charge < -0.3 is 20.2 Å². The summed E-state index contributed by atoms with van der Waals surface area (Å²) in [6.07, 6.45) is 10.2. The van der Waals surface area contributed by atoms with E-state index in [1.165, 1.54) is 16.2 Å². The summed E-state index contributed by atoms with van der Waals surface area (Å²) in [5, 5.41) is 12.3. The van der Waals surface area contributed by atoms with E-state index in [4.69, 9.17) is 9.47 Å². The molecule has 0 radical (unpaired) electrons. The van der Waals surface area contributed by atoms with Gasteiger partial charge in [0.05, 0.1) is 11.8 Å². The van der Waals surface area contributed by atoms with Crippen LogP contribution in [0.3, 0.4) is 0 Å². The van der Waals surface area contributed by atoms with E-state index < -0.39 is 0 Å². The lowest BCUT2D eigenvalue weighted by molar-refractivity contribution is -0.155. The predicted molar refractivity (Wildman–Crippen MR) is 138 cm³/mol. The average Bonchev–Trinajstić information content (AvgIpc) is 3.25. The normalized spacial score (nSPS) is 46.8. The zero-order valence-electron chi connectivity index (χ0n) is 22.5. The van der Waals surface area contributed by atoms with Crippen LogP contribution in [0.15, 0.2) is 24.3 Å². The highest BCUT2D eigenvalue weighted by Gasteiger charge is 2.57. The Balaban J connectivity index is 0.00000280. The summed E-state index contributed by atoms with van der Waals surface area (Å²) in [5.41, 5.74) is 2.95. The van der Waals surface area contributed by atoms with Crippen LogP contribution >= 0.6 is 0 Å². The Bertz CT molecular complexity index is 903. The van der Waals surface area contributed by atoms with Crippen LogP contribution in [-0.4, -0.2) is 53.0 Å². The molecule has 6 aliphatic rings. The first-order valence-electron chi connectivity index (χ1n) is 14.3. The van der Waals surface area contributed by atoms with Crippen LogP contribution < -0.4 is 0 Å². The maximum Gasteiger partial charge on any atom is 0.311 e. The van der Waals surface area contributed by atoms with Crippen LogP contribution in [0, 0.1) is 46.3 Å². The fourth-order valence-electron chi connectivity index (χ4n) is 9.46. The zero-order valence-corrected chi connectivity index (χ0v) is 22.5. The molecule has 0 amide bonds. The van der Waals surface area contributed by atoms with Gasteiger partial charge in [0, 0.05) is 24.9 Å². The lowest BCUT2D eigenvalue weighted by Crippen LogP contribution is -2.47. The minimum Gasteiger partial charge on any atom is -0.462 e. The molecule has 7 heteroatoms. The van der Waals surface area contributed by atoms with Crippen molar-refractivity contribution in [3.63, 3.8) is 0 Å². The molecule has 37 heavy (non-hydrogen) atoms. The first-order chi connectivity index (χ1) is 17.1. The number of fused-ring (bicyclic) bond motifs is 4. The zero-order chi connectivity index (χ0) is 25.4. The Labute approximate surface area is 220 Å². The van der Waals surface area contributed by atoms with Gasteiger partial charge in [-0.15, -0.1) is 0 Å². The lowest BCUT2D eigenvalue weighted by Gasteiger charge is -2.50. The number of allylic oxidation sites excluding steroid dienone is 2. The predicted octanol–water partition coefficient (Wildman–Crippen LogP) is 4.48. The van der Waals surface area contributed by atoms with Gasteiger partial charge in [-0.25, -0.2) is 0 Å². The maximum absolute atomic E-state index is 12.9. The summed E-state index contributed by atoms with van der Waals surface area (Å²) in [6, 6.07) is 0. The molecule has 6 unspecified atom stereocenters. The number of carbonyl (C=O) groups excluding carboxylic acids is 2. The number of ether oxygens (including phenoxy) is 2. The van der Waals surface area contributed by atoms with Crippen LogP contribution in [0.5, 0.6) is 0 Å². The Hall–Kier alpha value is -1.70. The van der Waals surface area contributed by atoms with Gasteiger partial charge in [0.1, 0.15) is 12.2 Å². The highest BCUT2D eigenvalue weighted by molar-refractivity contribution is 5.76. The quantitative estimate of drug-likeness (QED) is 0.336. The first-order valence-corrected chi connectivity index (χ1v) is 14.3. The summed E-state index contributed by atoms with van der Waals surface area (Å²) in [4.78, 5) is 25.9. The van der Waals surface area contributed by atoms with E-state index in [9.17, 15) is 14.8 Å². The van der Waals surface area contributed by atoms with E-state index in [0.717, 1.165) is 64.2 Å². The van der Waals surface area contributed by atoms with Crippen molar-refractivity contribution in [2.75, 3.05) is 13.1 Å². The van der Waals surface area contributed by atoms with Gasteiger partial charge >= 0.3 is 11.9 Å². The molecule has 0 aromatic carbocycles. The van der Waals surface area contributed by atoms with E-state index in [1.54, 1.807) is 0 Å². The van der Waals surface area contributed by atoms with E-state index in [1.807, 2.05) is 0 Å². The molecule has 2 aliphatic heterocycles. The van der Waals surface area contributed by atoms with E-state index in [0.29, 0.717) is 11.8 Å². The molecule has 6 fully saturated rings. The average molecular weight is 516 g/mol. The van der Waals surface area contributed by atoms with Gasteiger partial charge in [0.25, 0.3) is 0 Å². The van der Waals surface area contributed by atoms with Gasteiger partial charge in [-0.1, -0.05) is 38.2 Å². The molecule has 7 nitrogen and oxygen atoms in total. The number of hydroxylamine groups is 2. The van der Waals surface area contributed by atoms with Crippen LogP contribution in [-0.2, 0) is 19.1 Å². The summed E-state index contributed by atoms with van der Waals surface area (Å²) in [5.74, 6) is -0.0784. The van der Waals surface area contributed by atoms with Gasteiger partial charge in [-0.3, -0.25) is 9.59 Å². The second kappa shape index (κ2) is 9.49. The number of hydrogen-bond donors (Lipinski definition) is 1. The second-order valence-electron chi connectivity index (χ2n) is 13.7. The molecule has 2 heterocycles. The van der Waals surface area contributed by atoms with Crippen molar-refractivity contribution in [1.29, 1.82) is 0 Å². The van der Waals surface area contributed by atoms with Crippen molar-refractivity contribution in [2.24, 2.45) is 46.3 Å². The number of hydrogen-bond acceptors (Lipinski definition) is 6. The van der Waals surface area contributed by atoms with Crippen LogP contribution in [0.4, 0.5) is 0 Å². The molecule has 2 saturated heterocycles. The third-order valence-electron chi connectivity index (χ3n) is 11.5. The molecule has 4 saturated carbocycles. The number of carbonyl (C=O) groups is 2. The van der Waals surface area contributed by atoms with Crippen molar-refractivity contribution >= 4 is 11.9 Å². The van der Waals surface area contributed by atoms with Crippen LogP contribution in [0.1, 0.15) is 78.1 Å². The topological polar surface area (TPSA) is 108 Å². The highest BCUT2D eigenvalue weighted by atomic mass is 16.6. The summed E-state index contributed by atoms with van der Waals surface area (Å²) < 4.78 is 11.8. The molecular weight excluding hydrogens is 470 g/mol. The molecule has 0 aromatic rings. The molecule has 0 spiro atoms. The summed E-state index contributed by atoms with van der Waals surface area (Å²) >= 11 is 0. The van der Waals surface area contributed by atoms with E-state index in [-0.39, 0.29) is 77.2 Å². The number of rotatable bonds is 4. The molecule has 6 rings (SSSR count). The Morgan fingerprint density at radius 1 is 0.838 bits per heavy atom. The van der Waals surface area contributed by atoms with E-state index >= 15 is 0 Å². The SMILES string of the molecule is C=C1CCC[C@@]2(C)CC3OC(=O)C(CN(O)CC4C(=O)OC5C[C@@]6(C)CCCC(=C)[C@@H]6CC54)C3C[C@H]12.O. The highest BCUT2D eigenvalue weighted by Crippen LogP contribution is 2.58. The van der Waals surface area contributed by atoms with Crippen molar-refractivity contribution in [2.45, 2.75) is 90.3 Å². The largest absolute Gasteiger partial charge is 0.462 e. The molecule has 0 aromatic heterocycles. The monoisotopic (exact) mass is 515 g/mol. The van der Waals surface area contributed by atoms with Crippen molar-refractivity contribution in [1.82, 2.24) is 5.06 Å². The van der Waals surface area contributed by atoms with Gasteiger partial charge in [-0.2, -0.15) is 5.06 Å². The summed E-state index contributed by atoms with van der Waals surface area (Å²) in [7, 11) is 0. The molecular formula is C30H45NO6. The third-order valence-corrected chi connectivity index (χ3v) is 11.5. The Morgan fingerprint density at radius 3 is 1.65 bits per heavy atom. The standard InChI is InChI=1S/C30H43NO5.H2O/c1-17-7-5-9-29(3)13-25-19(11-23(17)29)21(27(32)35-25)15-31(34)16-22-20-12-24-18(2)8-6-10-30(24,4)14-26(20)36-28(22)33;/h19-26,34H,1-2,5-16H2,3-4H3;1H2/t19?,20?,21?,22?,23-,24+,25?,26?,29+,30-;. The smallest absolute Gasteiger partial charge is 0.311 e. The Kier molecular flexibility index (Phi) is 6.90. The van der Waals surface area contributed by atoms with Crippen LogP contribution in [0.2, 0.25) is 0 Å². The Morgan fingerprint density at radius 2 is 1.24 bits per heavy atom. The minimum atomic E-state index is -0.361. The summed E-state index contributed by atoms with van der Waals surface area (Å²) in [6.45, 7) is 13.8. The van der Waals surface area contributed by atoms with Crippen molar-refractivity contribution in [3.05, 3.63) is 24.3 Å². The number of nitrogens with zero attached hydrogens (tertiary/aromatic N) is 1. The molecule has 10 atom stereocenters. The minimum absolute atomic E-state index is 0. The maximum atomic E-state index is 12.9. The van der Waals surface area contributed by atoms with E-state index in [2.05, 4.69) is 27.0 Å². The second-order valence-corrected chi connectivity index (χ2v) is 13.7. The first kappa shape index (κ1) is 26.9. The van der Waals surface area contributed by atoms with Crippen molar-refractivity contribution < 1.29 is 29.7 Å². The number of esters is 2. The molecule has 4 aliphatic carbocycles. The van der Waals surface area contributed by atoms with Crippen molar-refractivity contribution in [3.8, 4) is 0 Å².